The van der Waals surface area contributed by atoms with E-state index in [0.29, 0.717) is 73.9 Å². The Kier molecular flexibility index (Phi) is 36.9. The van der Waals surface area contributed by atoms with Crippen LogP contribution >= 0.6 is 0 Å². The van der Waals surface area contributed by atoms with Gasteiger partial charge < -0.3 is 49.2 Å². The third kappa shape index (κ3) is 33.4. The molecule has 0 spiro atoms. The van der Waals surface area contributed by atoms with E-state index in [2.05, 4.69) is 12.2 Å². The Balaban J connectivity index is -0.000000846. The van der Waals surface area contributed by atoms with Gasteiger partial charge in [-0.3, -0.25) is 9.59 Å². The zero-order chi connectivity index (χ0) is 36.5. The minimum Gasteiger partial charge on any atom is -0.550 e. The molecule has 49 heavy (non-hydrogen) atoms. The van der Waals surface area contributed by atoms with Crippen molar-refractivity contribution in [3.8, 4) is 0 Å². The predicted molar refractivity (Wildman–Crippen MR) is 188 cm³/mol. The second-order valence-corrected chi connectivity index (χ2v) is 12.7. The fourth-order valence-corrected chi connectivity index (χ4v) is 6.12. The van der Waals surface area contributed by atoms with E-state index >= 15 is 0 Å². The SMILES string of the molecule is C/C=C/CCCCC[N+](CCO)(CCCC(=O)[O-])CCCC(=O)O.C/C=C/CCCCC[N+](CCO)(CCCC(=O)[O-])CCCC(=O)O.[Ca+2]. The number of hydrogen-bond donors (Lipinski definition) is 4. The number of unbranched alkanes of at least 4 members (excludes halogenated alkanes) is 6. The first-order chi connectivity index (χ1) is 22.9. The molecule has 12 nitrogen and oxygen atoms in total. The van der Waals surface area contributed by atoms with Crippen LogP contribution in [0, 0.1) is 0 Å². The van der Waals surface area contributed by atoms with Crippen LogP contribution in [0.4, 0.5) is 0 Å². The number of rotatable bonds is 32. The van der Waals surface area contributed by atoms with E-state index in [-0.39, 0.29) is 76.6 Å². The van der Waals surface area contributed by atoms with Gasteiger partial charge in [0.05, 0.1) is 65.3 Å². The molecule has 0 saturated carbocycles. The molecular formula is C36H66CaN2O10+2. The van der Waals surface area contributed by atoms with E-state index in [1.54, 1.807) is 0 Å². The van der Waals surface area contributed by atoms with Crippen molar-refractivity contribution < 1.29 is 58.8 Å². The molecular weight excluding hydrogens is 660 g/mol. The molecule has 0 aromatic heterocycles. The molecule has 0 bridgehead atoms. The fraction of sp³-hybridized carbons (Fsp3) is 0.778. The largest absolute Gasteiger partial charge is 2.00 e. The quantitative estimate of drug-likeness (QED) is 0.0346. The van der Waals surface area contributed by atoms with Crippen LogP contribution in [0.15, 0.2) is 24.3 Å². The number of aliphatic hydroxyl groups excluding tert-OH is 2. The van der Waals surface area contributed by atoms with Crippen LogP contribution in [0.2, 0.25) is 0 Å². The number of aliphatic carboxylic acids is 4. The standard InChI is InChI=1S/2C18H33NO5.Ca/c2*1-2-3-4-5-6-7-12-19(15-16-20,13-8-10-17(21)22)14-9-11-18(23)24;/h2*2-3,20H,4-16H2,1H3,(H-,21,22,23,24);/q;;+2/b2*3-2+;. The van der Waals surface area contributed by atoms with Crippen molar-refractivity contribution in [1.29, 1.82) is 0 Å². The normalized spacial score (nSPS) is 13.6. The van der Waals surface area contributed by atoms with E-state index in [1.165, 1.54) is 0 Å². The maximum atomic E-state index is 10.8. The number of quaternary nitrogens is 2. The molecule has 0 fully saturated rings. The van der Waals surface area contributed by atoms with Crippen LogP contribution in [0.25, 0.3) is 0 Å². The number of hydrogen-bond acceptors (Lipinski definition) is 8. The third-order valence-corrected chi connectivity index (χ3v) is 8.70. The number of allylic oxidation sites excluding steroid dienone is 4. The van der Waals surface area contributed by atoms with Gasteiger partial charge in [0, 0.05) is 37.6 Å². The molecule has 0 heterocycles. The van der Waals surface area contributed by atoms with Gasteiger partial charge in [0.25, 0.3) is 0 Å². The van der Waals surface area contributed by atoms with Crippen LogP contribution in [0.3, 0.4) is 0 Å². The van der Waals surface area contributed by atoms with Gasteiger partial charge in [-0.1, -0.05) is 24.3 Å². The van der Waals surface area contributed by atoms with Gasteiger partial charge in [0.1, 0.15) is 13.1 Å². The van der Waals surface area contributed by atoms with E-state index < -0.39 is 23.9 Å². The Bertz CT molecular complexity index is 802. The number of carbonyl (C=O) groups excluding carboxylic acids is 2. The van der Waals surface area contributed by atoms with E-state index in [4.69, 9.17) is 10.2 Å². The maximum absolute atomic E-state index is 10.8. The molecule has 0 amide bonds. The molecule has 0 aliphatic carbocycles. The van der Waals surface area contributed by atoms with Crippen molar-refractivity contribution in [2.75, 3.05) is 65.6 Å². The molecule has 0 saturated heterocycles. The number of nitrogens with zero attached hydrogens (tertiary/aromatic N) is 2. The van der Waals surface area contributed by atoms with Crippen LogP contribution < -0.4 is 10.2 Å². The average Bonchev–Trinajstić information content (AvgIpc) is 3.00. The summed E-state index contributed by atoms with van der Waals surface area (Å²) in [6.07, 6.45) is 19.1. The smallest absolute Gasteiger partial charge is 0.550 e. The molecule has 0 aromatic rings. The molecule has 0 rings (SSSR count). The number of carboxylic acids is 4. The van der Waals surface area contributed by atoms with E-state index in [0.717, 1.165) is 64.5 Å². The first-order valence-electron chi connectivity index (χ1n) is 17.9. The van der Waals surface area contributed by atoms with Gasteiger partial charge in [-0.15, -0.1) is 0 Å². The molecule has 2 atom stereocenters. The van der Waals surface area contributed by atoms with Crippen molar-refractivity contribution >= 4 is 61.6 Å². The Morgan fingerprint density at radius 1 is 0.490 bits per heavy atom. The summed E-state index contributed by atoms with van der Waals surface area (Å²) in [5, 5.41) is 57.8. The summed E-state index contributed by atoms with van der Waals surface area (Å²) in [5.74, 6) is -3.76. The molecule has 0 aliphatic heterocycles. The van der Waals surface area contributed by atoms with Crippen LogP contribution in [0.1, 0.15) is 117 Å². The molecule has 13 heteroatoms. The molecule has 0 radical (unpaired) electrons. The monoisotopic (exact) mass is 726 g/mol. The number of aliphatic hydroxyl groups is 2. The van der Waals surface area contributed by atoms with Crippen LogP contribution in [-0.2, 0) is 19.2 Å². The summed E-state index contributed by atoms with van der Waals surface area (Å²) in [7, 11) is 0. The van der Waals surface area contributed by atoms with E-state index in [1.807, 2.05) is 26.0 Å². The minimum atomic E-state index is -1.06. The summed E-state index contributed by atoms with van der Waals surface area (Å²) in [6, 6.07) is 0. The summed E-state index contributed by atoms with van der Waals surface area (Å²) >= 11 is 0. The topological polar surface area (TPSA) is 195 Å². The van der Waals surface area contributed by atoms with Gasteiger partial charge in [0.2, 0.25) is 0 Å². The summed E-state index contributed by atoms with van der Waals surface area (Å²) < 4.78 is 1.20. The van der Waals surface area contributed by atoms with Crippen molar-refractivity contribution in [3.05, 3.63) is 24.3 Å². The van der Waals surface area contributed by atoms with Crippen molar-refractivity contribution in [1.82, 2.24) is 0 Å². The van der Waals surface area contributed by atoms with Crippen molar-refractivity contribution in [2.45, 2.75) is 117 Å². The Hall–Kier alpha value is -1.54. The molecule has 280 valence electrons. The second-order valence-electron chi connectivity index (χ2n) is 12.7. The van der Waals surface area contributed by atoms with Crippen molar-refractivity contribution in [2.24, 2.45) is 0 Å². The van der Waals surface area contributed by atoms with Crippen LogP contribution in [0.5, 0.6) is 0 Å². The Morgan fingerprint density at radius 3 is 1.06 bits per heavy atom. The van der Waals surface area contributed by atoms with Gasteiger partial charge in [-0.2, -0.15) is 0 Å². The summed E-state index contributed by atoms with van der Waals surface area (Å²) in [6.45, 7) is 9.45. The maximum Gasteiger partial charge on any atom is 2.00 e. The Morgan fingerprint density at radius 2 is 0.796 bits per heavy atom. The van der Waals surface area contributed by atoms with Crippen LogP contribution in [-0.4, -0.2) is 157 Å². The molecule has 2 unspecified atom stereocenters. The minimum absolute atomic E-state index is 0. The van der Waals surface area contributed by atoms with Gasteiger partial charge in [-0.05, 0) is 78.1 Å². The summed E-state index contributed by atoms with van der Waals surface area (Å²) in [4.78, 5) is 42.8. The fourth-order valence-electron chi connectivity index (χ4n) is 6.12. The van der Waals surface area contributed by atoms with Gasteiger partial charge in [-0.25, -0.2) is 0 Å². The Labute approximate surface area is 325 Å². The first kappa shape index (κ1) is 51.8. The first-order valence-corrected chi connectivity index (χ1v) is 17.9. The molecule has 0 aromatic carbocycles. The third-order valence-electron chi connectivity index (χ3n) is 8.70. The van der Waals surface area contributed by atoms with Gasteiger partial charge >= 0.3 is 49.7 Å². The van der Waals surface area contributed by atoms with Crippen molar-refractivity contribution in [3.63, 3.8) is 0 Å². The van der Waals surface area contributed by atoms with Gasteiger partial charge in [0.15, 0.2) is 0 Å². The van der Waals surface area contributed by atoms with E-state index in [9.17, 15) is 39.6 Å². The number of carboxylic acid groups (broad SMARTS) is 4. The predicted octanol–water partition coefficient (Wildman–Crippen LogP) is 2.27. The average molecular weight is 727 g/mol. The zero-order valence-electron chi connectivity index (χ0n) is 30.5. The molecule has 0 aliphatic rings. The second kappa shape index (κ2) is 34.9. The molecule has 4 N–H and O–H groups in total. The number of carbonyl (C=O) groups is 4. The zero-order valence-corrected chi connectivity index (χ0v) is 32.7. The summed E-state index contributed by atoms with van der Waals surface area (Å²) in [5.41, 5.74) is 0.